The number of carbonyl (C=O) groups is 1. The summed E-state index contributed by atoms with van der Waals surface area (Å²) in [6.07, 6.45) is 12.0. The van der Waals surface area contributed by atoms with Crippen LogP contribution in [0.3, 0.4) is 0 Å². The van der Waals surface area contributed by atoms with Gasteiger partial charge in [0.05, 0.1) is 12.7 Å². The molecule has 5 saturated carbocycles. The van der Waals surface area contributed by atoms with Gasteiger partial charge in [0.25, 0.3) is 0 Å². The Morgan fingerprint density at radius 1 is 0.857 bits per heavy atom. The summed E-state index contributed by atoms with van der Waals surface area (Å²) >= 11 is 0. The summed E-state index contributed by atoms with van der Waals surface area (Å²) in [5.74, 6) is 3.04. The molecule has 10 atom stereocenters. The van der Waals surface area contributed by atoms with Crippen molar-refractivity contribution in [2.75, 3.05) is 6.61 Å². The van der Waals surface area contributed by atoms with Crippen molar-refractivity contribution in [3.8, 4) is 0 Å². The molecule has 0 heterocycles. The van der Waals surface area contributed by atoms with Crippen molar-refractivity contribution >= 4 is 5.97 Å². The topological polar surface area (TPSA) is 46.5 Å². The normalized spacial score (nSPS) is 52.5. The molecule has 5 rings (SSSR count). The Morgan fingerprint density at radius 2 is 1.57 bits per heavy atom. The van der Waals surface area contributed by atoms with Crippen molar-refractivity contribution in [1.82, 2.24) is 0 Å². The lowest BCUT2D eigenvalue weighted by molar-refractivity contribution is -0.249. The Bertz CT molecular complexity index is 891. The molecule has 1 N–H and O–H groups in total. The van der Waals surface area contributed by atoms with Crippen LogP contribution in [0.25, 0.3) is 0 Å². The number of aliphatic hydroxyl groups excluding tert-OH is 1. The molecule has 0 aliphatic heterocycles. The lowest BCUT2D eigenvalue weighted by Crippen LogP contribution is -2.66. The first kappa shape index (κ1) is 25.8. The highest BCUT2D eigenvalue weighted by Crippen LogP contribution is 2.77. The summed E-state index contributed by atoms with van der Waals surface area (Å²) in [6, 6.07) is 0. The smallest absolute Gasteiger partial charge is 0.302 e. The van der Waals surface area contributed by atoms with E-state index >= 15 is 0 Å². The van der Waals surface area contributed by atoms with E-state index in [0.717, 1.165) is 12.3 Å². The van der Waals surface area contributed by atoms with E-state index in [-0.39, 0.29) is 22.9 Å². The third-order valence-corrected chi connectivity index (χ3v) is 13.8. The first-order valence-electron chi connectivity index (χ1n) is 14.7. The van der Waals surface area contributed by atoms with Gasteiger partial charge in [0.1, 0.15) is 0 Å². The van der Waals surface area contributed by atoms with Gasteiger partial charge in [0.15, 0.2) is 0 Å². The highest BCUT2D eigenvalue weighted by molar-refractivity contribution is 5.65. The summed E-state index contributed by atoms with van der Waals surface area (Å²) in [4.78, 5) is 11.9. The Hall–Kier alpha value is -0.830. The van der Waals surface area contributed by atoms with E-state index < -0.39 is 0 Å². The summed E-state index contributed by atoms with van der Waals surface area (Å²) < 4.78 is 5.79. The second-order valence-corrected chi connectivity index (χ2v) is 15.2. The number of aliphatic hydroxyl groups is 1. The molecule has 0 amide bonds. The summed E-state index contributed by atoms with van der Waals surface area (Å²) in [5, 5.41) is 10.9. The first-order valence-corrected chi connectivity index (χ1v) is 14.7. The molecule has 5 aliphatic rings. The van der Waals surface area contributed by atoms with Crippen LogP contribution in [0.4, 0.5) is 0 Å². The van der Waals surface area contributed by atoms with Crippen LogP contribution in [0.1, 0.15) is 113 Å². The van der Waals surface area contributed by atoms with E-state index in [1.165, 1.54) is 63.4 Å². The molecule has 0 aromatic rings. The van der Waals surface area contributed by atoms with Gasteiger partial charge in [-0.2, -0.15) is 0 Å². The Kier molecular flexibility index (Phi) is 5.96. The summed E-state index contributed by atoms with van der Waals surface area (Å²) in [7, 11) is 0. The molecular formula is C32H52O3. The SMILES string of the molecule is C=C(C)[C@@H]1CC[C@]2(COC(C)=O)CC[C@]3(C)[C@@H](CC[C@H]4[C@@]5(C)CC[C@H](O)C(C)(C)[C@@H]5CC[C@]43C)[C@@H]12. The average Bonchev–Trinajstić information content (AvgIpc) is 3.16. The maximum atomic E-state index is 11.9. The van der Waals surface area contributed by atoms with Gasteiger partial charge in [-0.25, -0.2) is 0 Å². The van der Waals surface area contributed by atoms with Crippen molar-refractivity contribution in [3.05, 3.63) is 12.2 Å². The van der Waals surface area contributed by atoms with Gasteiger partial charge in [0, 0.05) is 12.3 Å². The standard InChI is InChI=1S/C32H52O3/c1-20(2)22-11-16-32(19-35-21(3)33)18-17-30(7)23(27(22)32)9-10-25-29(6)14-13-26(34)28(4,5)24(29)12-15-31(25,30)8/h22-27,34H,1,9-19H2,2-8H3/t22-,23-,24-,25-,26-,27+,29-,30+,31+,32+/m0/s1. The molecule has 0 saturated heterocycles. The van der Waals surface area contributed by atoms with E-state index in [2.05, 4.69) is 48.1 Å². The first-order chi connectivity index (χ1) is 16.2. The van der Waals surface area contributed by atoms with Gasteiger partial charge in [0.2, 0.25) is 0 Å². The minimum atomic E-state index is -0.164. The van der Waals surface area contributed by atoms with Crippen LogP contribution in [-0.2, 0) is 9.53 Å². The number of esters is 1. The quantitative estimate of drug-likeness (QED) is 0.332. The lowest BCUT2D eigenvalue weighted by atomic mass is 9.32. The van der Waals surface area contributed by atoms with Gasteiger partial charge in [-0.1, -0.05) is 46.8 Å². The maximum absolute atomic E-state index is 11.9. The fourth-order valence-electron chi connectivity index (χ4n) is 11.8. The molecule has 3 nitrogen and oxygen atoms in total. The Morgan fingerprint density at radius 3 is 2.23 bits per heavy atom. The second-order valence-electron chi connectivity index (χ2n) is 15.2. The molecule has 0 aromatic heterocycles. The van der Waals surface area contributed by atoms with Crippen LogP contribution in [0.15, 0.2) is 12.2 Å². The molecule has 198 valence electrons. The molecule has 0 spiro atoms. The number of rotatable bonds is 3. The molecule has 3 heteroatoms. The molecule has 0 bridgehead atoms. The van der Waals surface area contributed by atoms with Gasteiger partial charge in [-0.15, -0.1) is 0 Å². The molecule has 5 fully saturated rings. The van der Waals surface area contributed by atoms with Crippen LogP contribution >= 0.6 is 0 Å². The predicted molar refractivity (Wildman–Crippen MR) is 142 cm³/mol. The van der Waals surface area contributed by atoms with E-state index in [0.29, 0.717) is 46.5 Å². The van der Waals surface area contributed by atoms with Crippen molar-refractivity contribution in [2.45, 2.75) is 119 Å². The zero-order valence-corrected chi connectivity index (χ0v) is 23.7. The van der Waals surface area contributed by atoms with Crippen molar-refractivity contribution < 1.29 is 14.6 Å². The summed E-state index contributed by atoms with van der Waals surface area (Å²) in [5.41, 5.74) is 2.45. The van der Waals surface area contributed by atoms with E-state index in [4.69, 9.17) is 4.74 Å². The van der Waals surface area contributed by atoms with Gasteiger partial charge < -0.3 is 9.84 Å². The third-order valence-electron chi connectivity index (χ3n) is 13.8. The second kappa shape index (κ2) is 8.08. The summed E-state index contributed by atoms with van der Waals surface area (Å²) in [6.45, 7) is 21.5. The fraction of sp³-hybridized carbons (Fsp3) is 0.906. The zero-order valence-electron chi connectivity index (χ0n) is 23.7. The van der Waals surface area contributed by atoms with Gasteiger partial charge >= 0.3 is 5.97 Å². The largest absolute Gasteiger partial charge is 0.465 e. The zero-order chi connectivity index (χ0) is 25.6. The van der Waals surface area contributed by atoms with E-state index in [1.54, 1.807) is 6.92 Å². The van der Waals surface area contributed by atoms with Gasteiger partial charge in [-0.3, -0.25) is 4.79 Å². The van der Waals surface area contributed by atoms with E-state index in [1.807, 2.05) is 0 Å². The molecule has 35 heavy (non-hydrogen) atoms. The minimum absolute atomic E-state index is 0.00826. The molecule has 0 unspecified atom stereocenters. The Labute approximate surface area is 214 Å². The molecule has 0 aromatic carbocycles. The highest BCUT2D eigenvalue weighted by atomic mass is 16.5. The molecule has 0 radical (unpaired) electrons. The van der Waals surface area contributed by atoms with Crippen molar-refractivity contribution in [1.29, 1.82) is 0 Å². The van der Waals surface area contributed by atoms with Crippen LogP contribution in [0.2, 0.25) is 0 Å². The van der Waals surface area contributed by atoms with Crippen LogP contribution in [0.5, 0.6) is 0 Å². The lowest BCUT2D eigenvalue weighted by Gasteiger charge is -2.73. The highest BCUT2D eigenvalue weighted by Gasteiger charge is 2.70. The number of ether oxygens (including phenoxy) is 1. The minimum Gasteiger partial charge on any atom is -0.465 e. The van der Waals surface area contributed by atoms with Crippen molar-refractivity contribution in [3.63, 3.8) is 0 Å². The third kappa shape index (κ3) is 3.34. The van der Waals surface area contributed by atoms with Gasteiger partial charge in [-0.05, 0) is 122 Å². The van der Waals surface area contributed by atoms with Crippen molar-refractivity contribution in [2.24, 2.45) is 56.7 Å². The monoisotopic (exact) mass is 484 g/mol. The van der Waals surface area contributed by atoms with Crippen LogP contribution < -0.4 is 0 Å². The average molecular weight is 485 g/mol. The number of carbonyl (C=O) groups excluding carboxylic acids is 1. The fourth-order valence-corrected chi connectivity index (χ4v) is 11.8. The Balaban J connectivity index is 1.53. The molecule has 5 aliphatic carbocycles. The number of hydrogen-bond donors (Lipinski definition) is 1. The molecular weight excluding hydrogens is 432 g/mol. The van der Waals surface area contributed by atoms with E-state index in [9.17, 15) is 9.90 Å². The number of hydrogen-bond acceptors (Lipinski definition) is 3. The maximum Gasteiger partial charge on any atom is 0.302 e. The van der Waals surface area contributed by atoms with Crippen LogP contribution in [0, 0.1) is 56.7 Å². The number of allylic oxidation sites excluding steroid dienone is 1. The predicted octanol–water partition coefficient (Wildman–Crippen LogP) is 7.57. The number of fused-ring (bicyclic) bond motifs is 7. The van der Waals surface area contributed by atoms with Crippen LogP contribution in [-0.4, -0.2) is 23.8 Å².